The van der Waals surface area contributed by atoms with E-state index in [0.717, 1.165) is 24.5 Å². The van der Waals surface area contributed by atoms with Crippen molar-refractivity contribution in [2.75, 3.05) is 6.54 Å². The molecule has 1 aliphatic heterocycles. The summed E-state index contributed by atoms with van der Waals surface area (Å²) in [4.78, 5) is 17.2. The summed E-state index contributed by atoms with van der Waals surface area (Å²) in [6, 6.07) is 9.83. The minimum absolute atomic E-state index is 0.115. The first-order valence-corrected chi connectivity index (χ1v) is 7.65. The van der Waals surface area contributed by atoms with Gasteiger partial charge in [0.2, 0.25) is 0 Å². The van der Waals surface area contributed by atoms with Crippen molar-refractivity contribution in [2.45, 2.75) is 19.6 Å². The van der Waals surface area contributed by atoms with Gasteiger partial charge >= 0.3 is 5.97 Å². The highest BCUT2D eigenvalue weighted by atomic mass is 16.4. The second-order valence-corrected chi connectivity index (χ2v) is 5.77. The van der Waals surface area contributed by atoms with E-state index >= 15 is 0 Å². The summed E-state index contributed by atoms with van der Waals surface area (Å²) in [5.74, 6) is -0.979. The molecule has 0 saturated carbocycles. The van der Waals surface area contributed by atoms with Crippen LogP contribution in [0, 0.1) is 0 Å². The molecule has 0 spiro atoms. The van der Waals surface area contributed by atoms with Gasteiger partial charge < -0.3 is 5.11 Å². The quantitative estimate of drug-likeness (QED) is 0.775. The Labute approximate surface area is 138 Å². The molecular weight excluding hydrogens is 308 g/mol. The van der Waals surface area contributed by atoms with Crippen molar-refractivity contribution in [3.05, 3.63) is 59.9 Å². The van der Waals surface area contributed by atoms with E-state index in [9.17, 15) is 4.79 Å². The standard InChI is InChI=1S/C16H16N6O2/c23-16(24)15-7-14-9-20(5-6-21(14)19-15)8-12-1-3-13(4-2-12)22-11-17-10-18-22/h1-4,7,10-11H,5-6,8-9H2,(H,23,24). The van der Waals surface area contributed by atoms with Gasteiger partial charge in [-0.2, -0.15) is 10.2 Å². The monoisotopic (exact) mass is 324 g/mol. The van der Waals surface area contributed by atoms with Gasteiger partial charge in [-0.25, -0.2) is 14.5 Å². The van der Waals surface area contributed by atoms with Crippen LogP contribution in [0.3, 0.4) is 0 Å². The largest absolute Gasteiger partial charge is 0.476 e. The SMILES string of the molecule is O=C(O)c1cc2n(n1)CCN(Cc1ccc(-n3cncn3)cc1)C2. The average molecular weight is 324 g/mol. The first kappa shape index (κ1) is 14.6. The lowest BCUT2D eigenvalue weighted by atomic mass is 10.1. The number of aromatic nitrogens is 5. The van der Waals surface area contributed by atoms with Gasteiger partial charge in [-0.3, -0.25) is 9.58 Å². The highest BCUT2D eigenvalue weighted by Gasteiger charge is 2.20. The maximum atomic E-state index is 11.0. The van der Waals surface area contributed by atoms with Gasteiger partial charge in [0.1, 0.15) is 12.7 Å². The first-order chi connectivity index (χ1) is 11.7. The third-order valence-electron chi connectivity index (χ3n) is 4.12. The van der Waals surface area contributed by atoms with Gasteiger partial charge in [0.15, 0.2) is 5.69 Å². The van der Waals surface area contributed by atoms with E-state index in [0.29, 0.717) is 13.1 Å². The number of benzene rings is 1. The molecule has 1 aromatic carbocycles. The Hall–Kier alpha value is -3.00. The summed E-state index contributed by atoms with van der Waals surface area (Å²) in [5, 5.41) is 17.3. The van der Waals surface area contributed by atoms with E-state index in [4.69, 9.17) is 5.11 Å². The minimum Gasteiger partial charge on any atom is -0.476 e. The normalized spacial score (nSPS) is 14.5. The van der Waals surface area contributed by atoms with E-state index in [2.05, 4.69) is 32.2 Å². The Morgan fingerprint density at radius 3 is 2.75 bits per heavy atom. The fourth-order valence-corrected chi connectivity index (χ4v) is 2.91. The smallest absolute Gasteiger partial charge is 0.356 e. The fourth-order valence-electron chi connectivity index (χ4n) is 2.91. The third kappa shape index (κ3) is 2.79. The van der Waals surface area contributed by atoms with Crippen LogP contribution in [-0.2, 0) is 19.6 Å². The lowest BCUT2D eigenvalue weighted by Crippen LogP contribution is -2.33. The van der Waals surface area contributed by atoms with Crippen molar-refractivity contribution in [3.63, 3.8) is 0 Å². The predicted octanol–water partition coefficient (Wildman–Crippen LogP) is 1.18. The number of hydrogen-bond donors (Lipinski definition) is 1. The molecule has 0 radical (unpaired) electrons. The second kappa shape index (κ2) is 5.89. The van der Waals surface area contributed by atoms with E-state index in [1.165, 1.54) is 11.9 Å². The Bertz CT molecular complexity index is 853. The molecule has 4 rings (SSSR count). The second-order valence-electron chi connectivity index (χ2n) is 5.77. The van der Waals surface area contributed by atoms with Crippen molar-refractivity contribution in [1.82, 2.24) is 29.4 Å². The fraction of sp³-hybridized carbons (Fsp3) is 0.250. The molecule has 0 fully saturated rings. The van der Waals surface area contributed by atoms with Crippen LogP contribution in [0.4, 0.5) is 0 Å². The zero-order chi connectivity index (χ0) is 16.5. The van der Waals surface area contributed by atoms with Crippen LogP contribution in [0.1, 0.15) is 21.7 Å². The number of aromatic carboxylic acids is 1. The van der Waals surface area contributed by atoms with Gasteiger partial charge in [0, 0.05) is 19.6 Å². The molecular formula is C16H16N6O2. The molecule has 0 bridgehead atoms. The predicted molar refractivity (Wildman–Crippen MR) is 84.7 cm³/mol. The lowest BCUT2D eigenvalue weighted by Gasteiger charge is -2.27. The molecule has 0 atom stereocenters. The van der Waals surface area contributed by atoms with Crippen LogP contribution in [0.25, 0.3) is 5.69 Å². The molecule has 8 nitrogen and oxygen atoms in total. The molecule has 3 heterocycles. The van der Waals surface area contributed by atoms with E-state index in [1.54, 1.807) is 21.8 Å². The Balaban J connectivity index is 1.45. The average Bonchev–Trinajstić information content (AvgIpc) is 3.25. The van der Waals surface area contributed by atoms with E-state index < -0.39 is 5.97 Å². The molecule has 0 aliphatic carbocycles. The Kier molecular flexibility index (Phi) is 3.58. The van der Waals surface area contributed by atoms with Crippen molar-refractivity contribution in [3.8, 4) is 5.69 Å². The number of nitrogens with zero attached hydrogens (tertiary/aromatic N) is 6. The van der Waals surface area contributed by atoms with Crippen molar-refractivity contribution in [1.29, 1.82) is 0 Å². The molecule has 0 amide bonds. The first-order valence-electron chi connectivity index (χ1n) is 7.65. The molecule has 3 aromatic rings. The molecule has 24 heavy (non-hydrogen) atoms. The lowest BCUT2D eigenvalue weighted by molar-refractivity contribution is 0.0689. The van der Waals surface area contributed by atoms with Crippen LogP contribution in [0.15, 0.2) is 43.0 Å². The summed E-state index contributed by atoms with van der Waals surface area (Å²) in [6.07, 6.45) is 3.18. The van der Waals surface area contributed by atoms with Gasteiger partial charge in [0.05, 0.1) is 17.9 Å². The molecule has 8 heteroatoms. The highest BCUT2D eigenvalue weighted by Crippen LogP contribution is 2.17. The van der Waals surface area contributed by atoms with Crippen molar-refractivity contribution in [2.24, 2.45) is 0 Å². The molecule has 122 valence electrons. The zero-order valence-electron chi connectivity index (χ0n) is 12.9. The summed E-state index contributed by atoms with van der Waals surface area (Å²) in [6.45, 7) is 3.06. The Morgan fingerprint density at radius 1 is 1.21 bits per heavy atom. The van der Waals surface area contributed by atoms with E-state index in [1.807, 2.05) is 12.1 Å². The molecule has 0 saturated heterocycles. The van der Waals surface area contributed by atoms with Crippen LogP contribution < -0.4 is 0 Å². The van der Waals surface area contributed by atoms with Crippen molar-refractivity contribution < 1.29 is 9.90 Å². The van der Waals surface area contributed by atoms with Gasteiger partial charge in [-0.05, 0) is 23.8 Å². The zero-order valence-corrected chi connectivity index (χ0v) is 12.9. The van der Waals surface area contributed by atoms with Gasteiger partial charge in [-0.1, -0.05) is 12.1 Å². The Morgan fingerprint density at radius 2 is 2.04 bits per heavy atom. The number of fused-ring (bicyclic) bond motifs is 1. The number of hydrogen-bond acceptors (Lipinski definition) is 5. The molecule has 1 N–H and O–H groups in total. The number of carbonyl (C=O) groups is 1. The summed E-state index contributed by atoms with van der Waals surface area (Å²) >= 11 is 0. The van der Waals surface area contributed by atoms with Gasteiger partial charge in [-0.15, -0.1) is 0 Å². The molecule has 0 unspecified atom stereocenters. The van der Waals surface area contributed by atoms with Gasteiger partial charge in [0.25, 0.3) is 0 Å². The molecule has 1 aliphatic rings. The number of carboxylic acid groups (broad SMARTS) is 1. The van der Waals surface area contributed by atoms with Crippen LogP contribution in [0.2, 0.25) is 0 Å². The number of rotatable bonds is 4. The summed E-state index contributed by atoms with van der Waals surface area (Å²) < 4.78 is 3.50. The van der Waals surface area contributed by atoms with Crippen LogP contribution >= 0.6 is 0 Å². The van der Waals surface area contributed by atoms with Crippen LogP contribution in [0.5, 0.6) is 0 Å². The summed E-state index contributed by atoms with van der Waals surface area (Å²) in [5.41, 5.74) is 3.23. The third-order valence-corrected chi connectivity index (χ3v) is 4.12. The van der Waals surface area contributed by atoms with Crippen LogP contribution in [-0.4, -0.2) is 47.1 Å². The topological polar surface area (TPSA) is 89.1 Å². The summed E-state index contributed by atoms with van der Waals surface area (Å²) in [7, 11) is 0. The van der Waals surface area contributed by atoms with E-state index in [-0.39, 0.29) is 5.69 Å². The maximum Gasteiger partial charge on any atom is 0.356 e. The highest BCUT2D eigenvalue weighted by molar-refractivity contribution is 5.85. The maximum absolute atomic E-state index is 11.0. The minimum atomic E-state index is -0.979. The molecule has 2 aromatic heterocycles. The van der Waals surface area contributed by atoms with Crippen molar-refractivity contribution >= 4 is 5.97 Å². The number of carboxylic acids is 1.